The van der Waals surface area contributed by atoms with E-state index in [2.05, 4.69) is 25.3 Å². The number of hydrogen-bond donors (Lipinski definition) is 3. The second-order valence-corrected chi connectivity index (χ2v) is 8.01. The van der Waals surface area contributed by atoms with E-state index in [1.54, 1.807) is 36.8 Å². The van der Waals surface area contributed by atoms with E-state index in [1.165, 1.54) is 4.57 Å². The van der Waals surface area contributed by atoms with Crippen LogP contribution in [0.25, 0.3) is 33.4 Å². The Hall–Kier alpha value is -3.40. The molecule has 1 aromatic carbocycles. The molecule has 0 aliphatic carbocycles. The molecule has 9 nitrogen and oxygen atoms in total. The van der Waals surface area contributed by atoms with Crippen LogP contribution in [0.2, 0.25) is 5.02 Å². The van der Waals surface area contributed by atoms with Crippen LogP contribution in [0.15, 0.2) is 47.7 Å². The molecule has 0 aliphatic heterocycles. The van der Waals surface area contributed by atoms with Crippen molar-refractivity contribution in [3.8, 4) is 22.4 Å². The summed E-state index contributed by atoms with van der Waals surface area (Å²) in [5.41, 5.74) is 8.88. The Bertz CT molecular complexity index is 1370. The number of benzene rings is 1. The fourth-order valence-corrected chi connectivity index (χ4v) is 3.83. The van der Waals surface area contributed by atoms with Gasteiger partial charge in [0.1, 0.15) is 5.65 Å². The zero-order valence-electron chi connectivity index (χ0n) is 18.3. The van der Waals surface area contributed by atoms with Crippen molar-refractivity contribution < 1.29 is 5.11 Å². The van der Waals surface area contributed by atoms with Gasteiger partial charge in [0, 0.05) is 52.6 Å². The largest absolute Gasteiger partial charge is 0.390 e. The Labute approximate surface area is 195 Å². The summed E-state index contributed by atoms with van der Waals surface area (Å²) < 4.78 is 1.42. The first-order valence-electron chi connectivity index (χ1n) is 10.5. The maximum Gasteiger partial charge on any atom is 0.260 e. The van der Waals surface area contributed by atoms with Crippen LogP contribution in [0, 0.1) is 6.92 Å². The minimum absolute atomic E-state index is 0.00314. The van der Waals surface area contributed by atoms with Crippen LogP contribution in [-0.4, -0.2) is 48.8 Å². The van der Waals surface area contributed by atoms with Crippen LogP contribution in [-0.2, 0) is 6.54 Å². The molecule has 0 saturated carbocycles. The Morgan fingerprint density at radius 1 is 1.18 bits per heavy atom. The first kappa shape index (κ1) is 22.8. The molecular formula is C23H24ClN7O2. The van der Waals surface area contributed by atoms with Crippen LogP contribution >= 0.6 is 11.6 Å². The van der Waals surface area contributed by atoms with Crippen LogP contribution in [0.3, 0.4) is 0 Å². The molecule has 4 rings (SSSR count). The molecule has 170 valence electrons. The van der Waals surface area contributed by atoms with Crippen LogP contribution in [0.4, 0.5) is 5.95 Å². The van der Waals surface area contributed by atoms with Crippen molar-refractivity contribution in [2.75, 3.05) is 18.4 Å². The number of halogens is 1. The van der Waals surface area contributed by atoms with Gasteiger partial charge < -0.3 is 16.2 Å². The average Bonchev–Trinajstić information content (AvgIpc) is 2.81. The van der Waals surface area contributed by atoms with Crippen molar-refractivity contribution >= 4 is 28.6 Å². The lowest BCUT2D eigenvalue weighted by atomic mass is 10.0. The maximum atomic E-state index is 13.5. The molecule has 0 saturated heterocycles. The number of aliphatic hydroxyl groups is 1. The summed E-state index contributed by atoms with van der Waals surface area (Å²) in [6.07, 6.45) is 4.07. The molecule has 0 radical (unpaired) electrons. The van der Waals surface area contributed by atoms with Crippen LogP contribution in [0.5, 0.6) is 0 Å². The van der Waals surface area contributed by atoms with Crippen molar-refractivity contribution in [3.63, 3.8) is 0 Å². The summed E-state index contributed by atoms with van der Waals surface area (Å²) in [4.78, 5) is 30.9. The number of nitrogens with two attached hydrogens (primary N) is 1. The Morgan fingerprint density at radius 2 is 2.00 bits per heavy atom. The molecule has 0 spiro atoms. The van der Waals surface area contributed by atoms with Crippen molar-refractivity contribution in [2.24, 2.45) is 5.73 Å². The quantitative estimate of drug-likeness (QED) is 0.379. The van der Waals surface area contributed by atoms with Gasteiger partial charge in [-0.1, -0.05) is 23.7 Å². The third-order valence-corrected chi connectivity index (χ3v) is 5.45. The second kappa shape index (κ2) is 9.62. The van der Waals surface area contributed by atoms with Gasteiger partial charge in [-0.3, -0.25) is 14.3 Å². The number of pyridine rings is 1. The molecule has 0 bridgehead atoms. The lowest BCUT2D eigenvalue weighted by Gasteiger charge is -2.16. The topological polar surface area (TPSA) is 132 Å². The third-order valence-electron chi connectivity index (χ3n) is 5.14. The molecule has 4 aromatic rings. The predicted molar refractivity (Wildman–Crippen MR) is 129 cm³/mol. The number of hydrogen-bond acceptors (Lipinski definition) is 8. The molecule has 0 fully saturated rings. The Balaban J connectivity index is 1.87. The first-order chi connectivity index (χ1) is 15.9. The monoisotopic (exact) mass is 465 g/mol. The minimum atomic E-state index is -0.906. The number of anilines is 1. The van der Waals surface area contributed by atoms with Crippen molar-refractivity contribution in [1.29, 1.82) is 0 Å². The van der Waals surface area contributed by atoms with Gasteiger partial charge in [0.25, 0.3) is 5.56 Å². The molecule has 10 heteroatoms. The average molecular weight is 466 g/mol. The fraction of sp³-hybridized carbons (Fsp3) is 0.261. The van der Waals surface area contributed by atoms with Crippen molar-refractivity contribution in [3.05, 3.63) is 63.9 Å². The highest BCUT2D eigenvalue weighted by Crippen LogP contribution is 2.31. The zero-order valence-corrected chi connectivity index (χ0v) is 19.0. The number of aromatic nitrogens is 5. The first-order valence-corrected chi connectivity index (χ1v) is 10.9. The molecule has 4 N–H and O–H groups in total. The molecular weight excluding hydrogens is 442 g/mol. The second-order valence-electron chi connectivity index (χ2n) is 7.61. The molecule has 0 amide bonds. The molecule has 3 heterocycles. The van der Waals surface area contributed by atoms with Crippen molar-refractivity contribution in [1.82, 2.24) is 24.5 Å². The van der Waals surface area contributed by atoms with E-state index in [0.29, 0.717) is 45.4 Å². The fourth-order valence-electron chi connectivity index (χ4n) is 3.55. The Kier molecular flexibility index (Phi) is 6.64. The summed E-state index contributed by atoms with van der Waals surface area (Å²) >= 11 is 6.62. The number of nitrogens with zero attached hydrogens (tertiary/aromatic N) is 5. The lowest BCUT2D eigenvalue weighted by molar-refractivity contribution is 0.162. The highest BCUT2D eigenvalue weighted by Gasteiger charge is 2.18. The van der Waals surface area contributed by atoms with Crippen LogP contribution in [0.1, 0.15) is 12.6 Å². The van der Waals surface area contributed by atoms with E-state index in [4.69, 9.17) is 17.3 Å². The standard InChI is InChI=1S/C23H24ClN7O2/c1-3-27-23-28-10-15-6-18(22(33)31(21(15)30-23)12-16(32)8-25)17-5-4-14(7-19(17)24)20-11-26-9-13(2)29-20/h4-7,9-11,16,32H,3,8,12,25H2,1-2H3,(H,27,28,30). The van der Waals surface area contributed by atoms with E-state index in [-0.39, 0.29) is 18.6 Å². The SMILES string of the molecule is CCNc1ncc2cc(-c3ccc(-c4cncc(C)n4)cc3Cl)c(=O)n(CC(O)CN)c2n1. The van der Waals surface area contributed by atoms with Crippen molar-refractivity contribution in [2.45, 2.75) is 26.5 Å². The lowest BCUT2D eigenvalue weighted by Crippen LogP contribution is -2.32. The van der Waals surface area contributed by atoms with Gasteiger partial charge in [0.2, 0.25) is 5.95 Å². The van der Waals surface area contributed by atoms with Gasteiger partial charge in [-0.05, 0) is 26.0 Å². The van der Waals surface area contributed by atoms with E-state index < -0.39 is 6.10 Å². The van der Waals surface area contributed by atoms with E-state index in [9.17, 15) is 9.90 Å². The molecule has 0 aliphatic rings. The Morgan fingerprint density at radius 3 is 2.70 bits per heavy atom. The summed E-state index contributed by atoms with van der Waals surface area (Å²) in [6.45, 7) is 4.43. The smallest absolute Gasteiger partial charge is 0.260 e. The van der Waals surface area contributed by atoms with Gasteiger partial charge in [0.05, 0.1) is 30.2 Å². The van der Waals surface area contributed by atoms with E-state index in [1.807, 2.05) is 19.9 Å². The molecule has 1 atom stereocenters. The predicted octanol–water partition coefficient (Wildman–Crippen LogP) is 2.63. The number of aryl methyl sites for hydroxylation is 1. The zero-order chi connectivity index (χ0) is 23.5. The highest BCUT2D eigenvalue weighted by molar-refractivity contribution is 6.33. The molecule has 1 unspecified atom stereocenters. The number of nitrogens with one attached hydrogen (secondary N) is 1. The summed E-state index contributed by atoms with van der Waals surface area (Å²) in [6, 6.07) is 7.10. The minimum Gasteiger partial charge on any atom is -0.390 e. The van der Waals surface area contributed by atoms with Gasteiger partial charge in [-0.2, -0.15) is 4.98 Å². The van der Waals surface area contributed by atoms with E-state index in [0.717, 1.165) is 11.3 Å². The molecule has 33 heavy (non-hydrogen) atoms. The number of aliphatic hydroxyl groups excluding tert-OH is 1. The summed E-state index contributed by atoms with van der Waals surface area (Å²) in [7, 11) is 0. The normalized spacial score (nSPS) is 12.2. The molecule has 3 aromatic heterocycles. The number of fused-ring (bicyclic) bond motifs is 1. The van der Waals surface area contributed by atoms with Crippen LogP contribution < -0.4 is 16.6 Å². The van der Waals surface area contributed by atoms with E-state index >= 15 is 0 Å². The highest BCUT2D eigenvalue weighted by atomic mass is 35.5. The summed E-state index contributed by atoms with van der Waals surface area (Å²) in [5, 5.41) is 14.3. The van der Waals surface area contributed by atoms with Gasteiger partial charge in [0.15, 0.2) is 0 Å². The van der Waals surface area contributed by atoms with Gasteiger partial charge in [-0.15, -0.1) is 0 Å². The number of rotatable bonds is 7. The summed E-state index contributed by atoms with van der Waals surface area (Å²) in [5.74, 6) is 0.398. The third kappa shape index (κ3) is 4.70. The van der Waals surface area contributed by atoms with Gasteiger partial charge >= 0.3 is 0 Å². The maximum absolute atomic E-state index is 13.5. The van der Waals surface area contributed by atoms with Gasteiger partial charge in [-0.25, -0.2) is 9.97 Å².